The van der Waals surface area contributed by atoms with Gasteiger partial charge < -0.3 is 10.6 Å². The lowest BCUT2D eigenvalue weighted by Crippen LogP contribution is -2.38. The molecule has 24 heavy (non-hydrogen) atoms. The summed E-state index contributed by atoms with van der Waals surface area (Å²) in [6, 6.07) is 4.89. The van der Waals surface area contributed by atoms with Crippen molar-refractivity contribution >= 4 is 33.2 Å². The molecule has 0 aliphatic rings. The minimum atomic E-state index is -0.243. The van der Waals surface area contributed by atoms with Crippen molar-refractivity contribution in [2.45, 2.75) is 33.2 Å². The normalized spacial score (nSPS) is 11.6. The Balaban J connectivity index is 1.91. The zero-order chi connectivity index (χ0) is 17.4. The van der Waals surface area contributed by atoms with E-state index in [0.717, 1.165) is 35.4 Å². The molecule has 130 valence electrons. The van der Waals surface area contributed by atoms with Crippen molar-refractivity contribution in [2.75, 3.05) is 13.1 Å². The number of nitrogens with one attached hydrogen (secondary N) is 2. The Labute approximate surface area is 154 Å². The molecule has 2 aromatic rings. The number of hydrogen-bond acceptors (Lipinski definition) is 3. The number of guanidine groups is 1. The van der Waals surface area contributed by atoms with Crippen LogP contribution >= 0.6 is 27.3 Å². The van der Waals surface area contributed by atoms with E-state index in [1.807, 2.05) is 13.1 Å². The van der Waals surface area contributed by atoms with Crippen LogP contribution in [-0.2, 0) is 19.4 Å². The van der Waals surface area contributed by atoms with Crippen LogP contribution in [0.4, 0.5) is 4.39 Å². The van der Waals surface area contributed by atoms with Gasteiger partial charge in [-0.05, 0) is 31.5 Å². The van der Waals surface area contributed by atoms with Crippen molar-refractivity contribution in [1.82, 2.24) is 15.6 Å². The maximum Gasteiger partial charge on any atom is 0.191 e. The van der Waals surface area contributed by atoms with E-state index < -0.39 is 0 Å². The van der Waals surface area contributed by atoms with E-state index in [1.54, 1.807) is 23.5 Å². The van der Waals surface area contributed by atoms with Gasteiger partial charge in [0.25, 0.3) is 0 Å². The summed E-state index contributed by atoms with van der Waals surface area (Å²) in [5.74, 6) is 0.442. The lowest BCUT2D eigenvalue weighted by Gasteiger charge is -2.11. The van der Waals surface area contributed by atoms with Crippen molar-refractivity contribution in [3.05, 3.63) is 50.1 Å². The molecule has 1 heterocycles. The Bertz CT molecular complexity index is 687. The van der Waals surface area contributed by atoms with E-state index in [0.29, 0.717) is 11.5 Å². The molecule has 4 nitrogen and oxygen atoms in total. The first-order chi connectivity index (χ1) is 11.6. The van der Waals surface area contributed by atoms with Gasteiger partial charge >= 0.3 is 0 Å². The molecule has 1 aromatic heterocycles. The number of thiazole rings is 1. The number of halogens is 2. The highest BCUT2D eigenvalue weighted by molar-refractivity contribution is 9.10. The standard InChI is InChI=1S/C17H22BrFN4S/c1-3-14-11-22-16(24-14)7-8-21-17(20-4-2)23-10-12-9-13(18)5-6-15(12)19/h5-6,9,11H,3-4,7-8,10H2,1-2H3,(H2,20,21,23). The topological polar surface area (TPSA) is 49.3 Å². The minimum absolute atomic E-state index is 0.243. The number of aryl methyl sites for hydroxylation is 1. The summed E-state index contributed by atoms with van der Waals surface area (Å²) in [5, 5.41) is 7.57. The van der Waals surface area contributed by atoms with Crippen LogP contribution in [-0.4, -0.2) is 24.0 Å². The number of nitrogens with zero attached hydrogens (tertiary/aromatic N) is 2. The summed E-state index contributed by atoms with van der Waals surface area (Å²) < 4.78 is 14.6. The third-order valence-electron chi connectivity index (χ3n) is 3.34. The molecule has 2 N–H and O–H groups in total. The van der Waals surface area contributed by atoms with Crippen molar-refractivity contribution in [3.63, 3.8) is 0 Å². The van der Waals surface area contributed by atoms with Gasteiger partial charge in [-0.3, -0.25) is 0 Å². The first-order valence-corrected chi connectivity index (χ1v) is 9.63. The summed E-state index contributed by atoms with van der Waals surface area (Å²) in [7, 11) is 0. The first-order valence-electron chi connectivity index (χ1n) is 8.02. The molecule has 0 unspecified atom stereocenters. The molecule has 0 amide bonds. The Kier molecular flexibility index (Phi) is 7.65. The van der Waals surface area contributed by atoms with Crippen LogP contribution < -0.4 is 10.6 Å². The van der Waals surface area contributed by atoms with E-state index in [2.05, 4.69) is 43.5 Å². The molecular weight excluding hydrogens is 391 g/mol. The third kappa shape index (κ3) is 5.87. The minimum Gasteiger partial charge on any atom is -0.357 e. The van der Waals surface area contributed by atoms with Crippen molar-refractivity contribution in [2.24, 2.45) is 4.99 Å². The van der Waals surface area contributed by atoms with E-state index in [9.17, 15) is 4.39 Å². The fourth-order valence-electron chi connectivity index (χ4n) is 2.09. The molecule has 2 rings (SSSR count). The molecule has 0 radical (unpaired) electrons. The predicted octanol–water partition coefficient (Wildman–Crippen LogP) is 3.90. The van der Waals surface area contributed by atoms with Crippen LogP contribution in [0.15, 0.2) is 33.9 Å². The average molecular weight is 413 g/mol. The Morgan fingerprint density at radius 2 is 2.17 bits per heavy atom. The molecule has 0 aliphatic heterocycles. The summed E-state index contributed by atoms with van der Waals surface area (Å²) in [4.78, 5) is 10.2. The van der Waals surface area contributed by atoms with Gasteiger partial charge in [-0.25, -0.2) is 14.4 Å². The fourth-order valence-corrected chi connectivity index (χ4v) is 3.36. The average Bonchev–Trinajstić information content (AvgIpc) is 3.03. The van der Waals surface area contributed by atoms with Gasteiger partial charge in [-0.15, -0.1) is 11.3 Å². The van der Waals surface area contributed by atoms with Gasteiger partial charge in [0, 0.05) is 40.6 Å². The number of benzene rings is 1. The highest BCUT2D eigenvalue weighted by Gasteiger charge is 2.04. The third-order valence-corrected chi connectivity index (χ3v) is 5.04. The lowest BCUT2D eigenvalue weighted by molar-refractivity contribution is 0.610. The zero-order valence-corrected chi connectivity index (χ0v) is 16.3. The van der Waals surface area contributed by atoms with Crippen molar-refractivity contribution in [3.8, 4) is 0 Å². The predicted molar refractivity (Wildman–Crippen MR) is 102 cm³/mol. The highest BCUT2D eigenvalue weighted by atomic mass is 79.9. The summed E-state index contributed by atoms with van der Waals surface area (Å²) in [5.41, 5.74) is 0.564. The number of hydrogen-bond donors (Lipinski definition) is 2. The van der Waals surface area contributed by atoms with Crippen LogP contribution in [0.3, 0.4) is 0 Å². The Hall–Kier alpha value is -1.47. The molecule has 1 aromatic carbocycles. The molecule has 0 spiro atoms. The van der Waals surface area contributed by atoms with E-state index in [-0.39, 0.29) is 12.4 Å². The molecule has 0 bridgehead atoms. The van der Waals surface area contributed by atoms with Crippen molar-refractivity contribution in [1.29, 1.82) is 0 Å². The monoisotopic (exact) mass is 412 g/mol. The van der Waals surface area contributed by atoms with Crippen LogP contribution in [0.1, 0.15) is 29.3 Å². The van der Waals surface area contributed by atoms with Gasteiger partial charge in [-0.2, -0.15) is 0 Å². The zero-order valence-electron chi connectivity index (χ0n) is 13.9. The first kappa shape index (κ1) is 18.9. The largest absolute Gasteiger partial charge is 0.357 e. The number of aliphatic imine (C=N–C) groups is 1. The van der Waals surface area contributed by atoms with Gasteiger partial charge in [0.2, 0.25) is 0 Å². The lowest BCUT2D eigenvalue weighted by atomic mass is 10.2. The summed E-state index contributed by atoms with van der Waals surface area (Å²) >= 11 is 5.10. The SMILES string of the molecule is CCNC(=NCc1cc(Br)ccc1F)NCCc1ncc(CC)s1. The van der Waals surface area contributed by atoms with Crippen LogP contribution in [0.2, 0.25) is 0 Å². The molecule has 0 saturated heterocycles. The van der Waals surface area contributed by atoms with Gasteiger partial charge in [0.15, 0.2) is 5.96 Å². The van der Waals surface area contributed by atoms with E-state index in [4.69, 9.17) is 0 Å². The molecule has 0 aliphatic carbocycles. The Morgan fingerprint density at radius 3 is 2.88 bits per heavy atom. The smallest absolute Gasteiger partial charge is 0.191 e. The summed E-state index contributed by atoms with van der Waals surface area (Å²) in [6.07, 6.45) is 3.81. The second-order valence-electron chi connectivity index (χ2n) is 5.18. The summed E-state index contributed by atoms with van der Waals surface area (Å²) in [6.45, 7) is 5.92. The molecule has 7 heteroatoms. The number of rotatable bonds is 7. The van der Waals surface area contributed by atoms with Crippen LogP contribution in [0.5, 0.6) is 0 Å². The van der Waals surface area contributed by atoms with Gasteiger partial charge in [-0.1, -0.05) is 22.9 Å². The highest BCUT2D eigenvalue weighted by Crippen LogP contribution is 2.16. The second-order valence-corrected chi connectivity index (χ2v) is 7.30. The molecular formula is C17H22BrFN4S. The number of aromatic nitrogens is 1. The quantitative estimate of drug-likeness (QED) is 0.535. The van der Waals surface area contributed by atoms with Gasteiger partial charge in [0.05, 0.1) is 11.6 Å². The van der Waals surface area contributed by atoms with Crippen LogP contribution in [0.25, 0.3) is 0 Å². The maximum atomic E-state index is 13.8. The molecule has 0 fully saturated rings. The maximum absolute atomic E-state index is 13.8. The van der Waals surface area contributed by atoms with Gasteiger partial charge in [0.1, 0.15) is 5.82 Å². The molecule has 0 atom stereocenters. The van der Waals surface area contributed by atoms with Crippen molar-refractivity contribution < 1.29 is 4.39 Å². The second kappa shape index (κ2) is 9.74. The van der Waals surface area contributed by atoms with E-state index >= 15 is 0 Å². The molecule has 0 saturated carbocycles. The van der Waals surface area contributed by atoms with Crippen LogP contribution in [0, 0.1) is 5.82 Å². The Morgan fingerprint density at radius 1 is 1.33 bits per heavy atom. The van der Waals surface area contributed by atoms with E-state index in [1.165, 1.54) is 10.9 Å². The fraction of sp³-hybridized carbons (Fsp3) is 0.412.